The van der Waals surface area contributed by atoms with Crippen LogP contribution in [0, 0.1) is 11.3 Å². The summed E-state index contributed by atoms with van der Waals surface area (Å²) >= 11 is 0. The zero-order valence-electron chi connectivity index (χ0n) is 10.1. The van der Waals surface area contributed by atoms with Crippen molar-refractivity contribution < 1.29 is 44.3 Å². The maximum absolute atomic E-state index is 10.9. The van der Waals surface area contributed by atoms with E-state index in [9.17, 15) is 14.7 Å². The van der Waals surface area contributed by atoms with Gasteiger partial charge in [0.1, 0.15) is 12.0 Å². The van der Waals surface area contributed by atoms with Gasteiger partial charge >= 0.3 is 29.6 Å². The van der Waals surface area contributed by atoms with E-state index in [1.165, 1.54) is 6.07 Å². The van der Waals surface area contributed by atoms with Crippen molar-refractivity contribution in [1.82, 2.24) is 0 Å². The molecule has 2 N–H and O–H groups in total. The molecular formula is C11H10N3NaO3. The molecule has 7 heteroatoms. The molecule has 0 aliphatic rings. The van der Waals surface area contributed by atoms with Gasteiger partial charge in [-0.05, 0) is 19.1 Å². The quantitative estimate of drug-likeness (QED) is 0.434. The third-order valence-corrected chi connectivity index (χ3v) is 1.98. The number of carbonyl (C=O) groups excluding carboxylic acids is 2. The zero-order chi connectivity index (χ0) is 12.8. The molecule has 1 amide bonds. The van der Waals surface area contributed by atoms with Crippen LogP contribution in [0.1, 0.15) is 12.5 Å². The third-order valence-electron chi connectivity index (χ3n) is 1.98. The molecule has 0 aromatic heterocycles. The van der Waals surface area contributed by atoms with Gasteiger partial charge in [-0.25, -0.2) is 0 Å². The van der Waals surface area contributed by atoms with Crippen LogP contribution < -0.4 is 45.3 Å². The summed E-state index contributed by atoms with van der Waals surface area (Å²) in [6.45, 7) is 2.46. The van der Waals surface area contributed by atoms with Gasteiger partial charge in [0.05, 0.1) is 16.9 Å². The Kier molecular flexibility index (Phi) is 7.05. The SMILES string of the molecule is CCNc1cccc(NC(=O)C(=O)[O-])c1C#N.[Na+]. The summed E-state index contributed by atoms with van der Waals surface area (Å²) in [6.07, 6.45) is 0. The van der Waals surface area contributed by atoms with E-state index >= 15 is 0 Å². The fourth-order valence-electron chi connectivity index (χ4n) is 1.29. The van der Waals surface area contributed by atoms with Crippen LogP contribution in [0.2, 0.25) is 0 Å². The summed E-state index contributed by atoms with van der Waals surface area (Å²) < 4.78 is 0. The van der Waals surface area contributed by atoms with Gasteiger partial charge in [-0.2, -0.15) is 5.26 Å². The Balaban J connectivity index is 0.00000289. The van der Waals surface area contributed by atoms with Crippen molar-refractivity contribution in [2.75, 3.05) is 17.2 Å². The van der Waals surface area contributed by atoms with Crippen LogP contribution in [-0.4, -0.2) is 18.4 Å². The second-order valence-corrected chi connectivity index (χ2v) is 3.11. The van der Waals surface area contributed by atoms with E-state index in [0.29, 0.717) is 12.2 Å². The third kappa shape index (κ3) is 4.04. The van der Waals surface area contributed by atoms with Gasteiger partial charge in [-0.3, -0.25) is 4.79 Å². The number of anilines is 2. The van der Waals surface area contributed by atoms with Gasteiger partial charge in [-0.15, -0.1) is 0 Å². The average molecular weight is 255 g/mol. The monoisotopic (exact) mass is 255 g/mol. The maximum atomic E-state index is 10.9. The molecule has 0 fully saturated rings. The van der Waals surface area contributed by atoms with Crippen molar-refractivity contribution in [1.29, 1.82) is 5.26 Å². The Morgan fingerprint density at radius 1 is 1.39 bits per heavy atom. The average Bonchev–Trinajstić information content (AvgIpc) is 2.29. The summed E-state index contributed by atoms with van der Waals surface area (Å²) in [6, 6.07) is 6.61. The van der Waals surface area contributed by atoms with Gasteiger partial charge in [0, 0.05) is 6.54 Å². The predicted octanol–water partition coefficient (Wildman–Crippen LogP) is -3.32. The Morgan fingerprint density at radius 3 is 2.50 bits per heavy atom. The first-order chi connectivity index (χ1) is 8.10. The maximum Gasteiger partial charge on any atom is 1.00 e. The number of nitrogens with zero attached hydrogens (tertiary/aromatic N) is 1. The minimum absolute atomic E-state index is 0. The van der Waals surface area contributed by atoms with Gasteiger partial charge in [0.2, 0.25) is 0 Å². The second-order valence-electron chi connectivity index (χ2n) is 3.11. The van der Waals surface area contributed by atoms with Crippen molar-refractivity contribution in [2.24, 2.45) is 0 Å². The number of nitrogens with one attached hydrogen (secondary N) is 2. The molecule has 0 saturated carbocycles. The second kappa shape index (κ2) is 7.71. The van der Waals surface area contributed by atoms with Gasteiger partial charge in [0.25, 0.3) is 5.91 Å². The van der Waals surface area contributed by atoms with Gasteiger partial charge in [0.15, 0.2) is 0 Å². The smallest absolute Gasteiger partial charge is 0.540 e. The van der Waals surface area contributed by atoms with Crippen molar-refractivity contribution in [3.8, 4) is 6.07 Å². The number of nitriles is 1. The van der Waals surface area contributed by atoms with Crippen LogP contribution in [0.4, 0.5) is 11.4 Å². The summed E-state index contributed by atoms with van der Waals surface area (Å²) in [5, 5.41) is 24.3. The molecule has 0 atom stereocenters. The van der Waals surface area contributed by atoms with E-state index in [2.05, 4.69) is 10.6 Å². The van der Waals surface area contributed by atoms with E-state index in [0.717, 1.165) is 0 Å². The number of carboxylic acid groups (broad SMARTS) is 1. The van der Waals surface area contributed by atoms with E-state index in [1.807, 2.05) is 13.0 Å². The van der Waals surface area contributed by atoms with Crippen LogP contribution in [0.3, 0.4) is 0 Å². The van der Waals surface area contributed by atoms with E-state index in [1.54, 1.807) is 12.1 Å². The Bertz CT molecular complexity index is 497. The van der Waals surface area contributed by atoms with Crippen LogP contribution in [0.15, 0.2) is 18.2 Å². The topological polar surface area (TPSA) is 105 Å². The Morgan fingerprint density at radius 2 is 2.00 bits per heavy atom. The molecule has 0 radical (unpaired) electrons. The summed E-state index contributed by atoms with van der Waals surface area (Å²) in [4.78, 5) is 21.2. The van der Waals surface area contributed by atoms with Gasteiger partial charge < -0.3 is 20.5 Å². The molecule has 0 spiro atoms. The number of hydrogen-bond acceptors (Lipinski definition) is 5. The first-order valence-corrected chi connectivity index (χ1v) is 4.89. The minimum atomic E-state index is -1.84. The number of benzene rings is 1. The number of amides is 1. The largest absolute Gasteiger partial charge is 1.00 e. The Labute approximate surface area is 126 Å². The molecule has 1 rings (SSSR count). The molecule has 0 bridgehead atoms. The molecule has 0 aliphatic heterocycles. The molecule has 1 aromatic carbocycles. The van der Waals surface area contributed by atoms with Crippen LogP contribution >= 0.6 is 0 Å². The molecule has 0 saturated heterocycles. The molecule has 18 heavy (non-hydrogen) atoms. The Hall–Kier alpha value is -1.55. The summed E-state index contributed by atoms with van der Waals surface area (Å²) in [5.74, 6) is -3.13. The number of aliphatic carboxylic acids is 1. The van der Waals surface area contributed by atoms with Crippen molar-refractivity contribution >= 4 is 23.3 Å². The van der Waals surface area contributed by atoms with Gasteiger partial charge in [-0.1, -0.05) is 6.07 Å². The first-order valence-electron chi connectivity index (χ1n) is 4.89. The van der Waals surface area contributed by atoms with Crippen LogP contribution in [0.25, 0.3) is 0 Å². The first kappa shape index (κ1) is 16.4. The fraction of sp³-hybridized carbons (Fsp3) is 0.182. The van der Waals surface area contributed by atoms with E-state index in [4.69, 9.17) is 5.26 Å². The predicted molar refractivity (Wildman–Crippen MR) is 59.0 cm³/mol. The fourth-order valence-corrected chi connectivity index (χ4v) is 1.29. The molecule has 0 aliphatic carbocycles. The number of carbonyl (C=O) groups is 2. The number of carboxylic acids is 1. The number of hydrogen-bond donors (Lipinski definition) is 2. The standard InChI is InChI=1S/C11H11N3O3.Na/c1-2-13-8-4-3-5-9(7(8)6-12)14-10(15)11(16)17;/h3-5,13H,2H2,1H3,(H,14,15)(H,16,17);/q;+1/p-1. The molecule has 0 unspecified atom stereocenters. The zero-order valence-corrected chi connectivity index (χ0v) is 12.1. The molecule has 0 heterocycles. The van der Waals surface area contributed by atoms with Crippen LogP contribution in [-0.2, 0) is 9.59 Å². The normalized spacial score (nSPS) is 8.67. The number of rotatable bonds is 3. The molecular weight excluding hydrogens is 245 g/mol. The van der Waals surface area contributed by atoms with Crippen molar-refractivity contribution in [3.63, 3.8) is 0 Å². The van der Waals surface area contributed by atoms with Crippen molar-refractivity contribution in [3.05, 3.63) is 23.8 Å². The minimum Gasteiger partial charge on any atom is -0.540 e. The van der Waals surface area contributed by atoms with Crippen LogP contribution in [0.5, 0.6) is 0 Å². The van der Waals surface area contributed by atoms with Crippen molar-refractivity contribution in [2.45, 2.75) is 6.92 Å². The summed E-state index contributed by atoms with van der Waals surface area (Å²) in [5.41, 5.74) is 0.857. The molecule has 1 aromatic rings. The van der Waals surface area contributed by atoms with E-state index < -0.39 is 11.9 Å². The van der Waals surface area contributed by atoms with E-state index in [-0.39, 0.29) is 40.8 Å². The summed E-state index contributed by atoms with van der Waals surface area (Å²) in [7, 11) is 0. The molecule has 88 valence electrons. The molecule has 6 nitrogen and oxygen atoms in total.